The molecule has 0 aromatic rings. The van der Waals surface area contributed by atoms with Crippen LogP contribution >= 0.6 is 0 Å². The van der Waals surface area contributed by atoms with Gasteiger partial charge in [0.15, 0.2) is 0 Å². The molecule has 0 heterocycles. The van der Waals surface area contributed by atoms with Crippen molar-refractivity contribution in [1.29, 1.82) is 0 Å². The highest BCUT2D eigenvalue weighted by atomic mass is 16.1. The van der Waals surface area contributed by atoms with Gasteiger partial charge in [-0.2, -0.15) is 0 Å². The van der Waals surface area contributed by atoms with Gasteiger partial charge in [-0.1, -0.05) is 13.8 Å². The molecule has 0 spiro atoms. The van der Waals surface area contributed by atoms with Crippen LogP contribution in [0.25, 0.3) is 0 Å². The van der Waals surface area contributed by atoms with Gasteiger partial charge in [0.2, 0.25) is 5.91 Å². The third-order valence-corrected chi connectivity index (χ3v) is 3.39. The fraction of sp³-hybridized carbons (Fsp3) is 0.917. The van der Waals surface area contributed by atoms with Crippen LogP contribution in [0, 0.1) is 11.8 Å². The topological polar surface area (TPSA) is 29.1 Å². The second-order valence-electron chi connectivity index (χ2n) is 4.77. The maximum Gasteiger partial charge on any atom is 0.223 e. The van der Waals surface area contributed by atoms with E-state index in [0.717, 1.165) is 25.2 Å². The quantitative estimate of drug-likeness (QED) is 0.740. The highest BCUT2D eigenvalue weighted by Gasteiger charge is 2.24. The first-order valence-electron chi connectivity index (χ1n) is 5.93. The van der Waals surface area contributed by atoms with Crippen LogP contribution in [0.4, 0.5) is 0 Å². The second-order valence-corrected chi connectivity index (χ2v) is 4.77. The van der Waals surface area contributed by atoms with Gasteiger partial charge in [0.25, 0.3) is 0 Å². The molecule has 1 fully saturated rings. The molecule has 1 atom stereocenters. The highest BCUT2D eigenvalue weighted by molar-refractivity contribution is 5.78. The molecule has 2 nitrogen and oxygen atoms in total. The summed E-state index contributed by atoms with van der Waals surface area (Å²) in [5.41, 5.74) is 0. The molecule has 1 amide bonds. The van der Waals surface area contributed by atoms with Crippen LogP contribution in [0.3, 0.4) is 0 Å². The van der Waals surface area contributed by atoms with E-state index in [1.165, 1.54) is 12.8 Å². The first kappa shape index (κ1) is 11.5. The molecule has 1 aliphatic rings. The molecule has 14 heavy (non-hydrogen) atoms. The predicted molar refractivity (Wildman–Crippen MR) is 59.0 cm³/mol. The summed E-state index contributed by atoms with van der Waals surface area (Å²) in [6, 6.07) is 0.335. The van der Waals surface area contributed by atoms with E-state index >= 15 is 0 Å². The summed E-state index contributed by atoms with van der Waals surface area (Å²) in [6.45, 7) is 6.46. The minimum atomic E-state index is 0.284. The number of rotatable bonds is 3. The molecule has 1 saturated carbocycles. The Balaban J connectivity index is 2.30. The fourth-order valence-corrected chi connectivity index (χ4v) is 1.99. The largest absolute Gasteiger partial charge is 0.353 e. The number of nitrogens with one attached hydrogen (secondary N) is 1. The molecule has 82 valence electrons. The van der Waals surface area contributed by atoms with E-state index in [1.54, 1.807) is 0 Å². The van der Waals surface area contributed by atoms with Crippen LogP contribution in [0.5, 0.6) is 0 Å². The molecule has 0 aromatic heterocycles. The summed E-state index contributed by atoms with van der Waals surface area (Å²) in [4.78, 5) is 11.8. The van der Waals surface area contributed by atoms with Gasteiger partial charge in [-0.15, -0.1) is 0 Å². The van der Waals surface area contributed by atoms with E-state index in [9.17, 15) is 4.79 Å². The summed E-state index contributed by atoms with van der Waals surface area (Å²) in [5, 5.41) is 3.08. The van der Waals surface area contributed by atoms with Crippen LogP contribution in [0.2, 0.25) is 0 Å². The Kier molecular flexibility index (Phi) is 4.43. The Labute approximate surface area is 87.5 Å². The van der Waals surface area contributed by atoms with Crippen molar-refractivity contribution in [2.45, 2.75) is 58.9 Å². The number of carbonyl (C=O) groups excluding carboxylic acids is 1. The smallest absolute Gasteiger partial charge is 0.223 e. The lowest BCUT2D eigenvalue weighted by molar-refractivity contribution is -0.126. The fourth-order valence-electron chi connectivity index (χ4n) is 1.99. The number of hydrogen-bond donors (Lipinski definition) is 1. The van der Waals surface area contributed by atoms with Gasteiger partial charge in [0.05, 0.1) is 0 Å². The lowest BCUT2D eigenvalue weighted by Gasteiger charge is -2.26. The molecule has 0 aliphatic heterocycles. The molecular weight excluding hydrogens is 174 g/mol. The van der Waals surface area contributed by atoms with Gasteiger partial charge in [0.1, 0.15) is 0 Å². The van der Waals surface area contributed by atoms with E-state index in [2.05, 4.69) is 26.1 Å². The maximum absolute atomic E-state index is 11.8. The minimum absolute atomic E-state index is 0.284. The van der Waals surface area contributed by atoms with Gasteiger partial charge in [0, 0.05) is 12.0 Å². The Hall–Kier alpha value is -0.530. The SMILES string of the molecule is CCC(C)NC(=O)C1CCC(C)CC1. The molecule has 1 rings (SSSR count). The minimum Gasteiger partial charge on any atom is -0.353 e. The lowest BCUT2D eigenvalue weighted by Crippen LogP contribution is -2.38. The molecule has 0 bridgehead atoms. The molecule has 2 heteroatoms. The number of carbonyl (C=O) groups is 1. The number of hydrogen-bond acceptors (Lipinski definition) is 1. The third kappa shape index (κ3) is 3.32. The van der Waals surface area contributed by atoms with Crippen molar-refractivity contribution in [2.24, 2.45) is 11.8 Å². The van der Waals surface area contributed by atoms with Gasteiger partial charge in [-0.05, 0) is 44.9 Å². The molecule has 1 aliphatic carbocycles. The molecule has 1 unspecified atom stereocenters. The van der Waals surface area contributed by atoms with Crippen LogP contribution in [-0.4, -0.2) is 11.9 Å². The Morgan fingerprint density at radius 2 is 1.93 bits per heavy atom. The zero-order valence-electron chi connectivity index (χ0n) is 9.68. The molecular formula is C12H23NO. The summed E-state index contributed by atoms with van der Waals surface area (Å²) in [5.74, 6) is 1.40. The van der Waals surface area contributed by atoms with Crippen molar-refractivity contribution in [1.82, 2.24) is 5.32 Å². The highest BCUT2D eigenvalue weighted by Crippen LogP contribution is 2.28. The van der Waals surface area contributed by atoms with Crippen molar-refractivity contribution in [2.75, 3.05) is 0 Å². The predicted octanol–water partition coefficient (Wildman–Crippen LogP) is 2.73. The monoisotopic (exact) mass is 197 g/mol. The average molecular weight is 197 g/mol. The normalized spacial score (nSPS) is 29.6. The van der Waals surface area contributed by atoms with Gasteiger partial charge in [-0.3, -0.25) is 4.79 Å². The first-order valence-corrected chi connectivity index (χ1v) is 5.93. The van der Waals surface area contributed by atoms with Gasteiger partial charge < -0.3 is 5.32 Å². The average Bonchev–Trinajstić information content (AvgIpc) is 2.18. The first-order chi connectivity index (χ1) is 6.63. The third-order valence-electron chi connectivity index (χ3n) is 3.39. The van der Waals surface area contributed by atoms with E-state index in [4.69, 9.17) is 0 Å². The van der Waals surface area contributed by atoms with E-state index in [-0.39, 0.29) is 5.91 Å². The van der Waals surface area contributed by atoms with Crippen molar-refractivity contribution in [3.05, 3.63) is 0 Å². The number of amides is 1. The molecule has 1 N–H and O–H groups in total. The standard InChI is InChI=1S/C12H23NO/c1-4-10(3)13-12(14)11-7-5-9(2)6-8-11/h9-11H,4-8H2,1-3H3,(H,13,14). The lowest BCUT2D eigenvalue weighted by atomic mass is 9.82. The van der Waals surface area contributed by atoms with Crippen LogP contribution in [-0.2, 0) is 4.79 Å². The summed E-state index contributed by atoms with van der Waals surface area (Å²) in [6.07, 6.45) is 5.64. The van der Waals surface area contributed by atoms with E-state index in [0.29, 0.717) is 12.0 Å². The van der Waals surface area contributed by atoms with Crippen LogP contribution < -0.4 is 5.32 Å². The van der Waals surface area contributed by atoms with E-state index in [1.807, 2.05) is 0 Å². The van der Waals surface area contributed by atoms with Crippen molar-refractivity contribution < 1.29 is 4.79 Å². The zero-order chi connectivity index (χ0) is 10.6. The van der Waals surface area contributed by atoms with Gasteiger partial charge >= 0.3 is 0 Å². The Morgan fingerprint density at radius 1 is 1.36 bits per heavy atom. The van der Waals surface area contributed by atoms with Gasteiger partial charge in [-0.25, -0.2) is 0 Å². The van der Waals surface area contributed by atoms with E-state index < -0.39 is 0 Å². The van der Waals surface area contributed by atoms with Crippen molar-refractivity contribution >= 4 is 5.91 Å². The second kappa shape index (κ2) is 5.38. The van der Waals surface area contributed by atoms with Crippen molar-refractivity contribution in [3.63, 3.8) is 0 Å². The molecule has 0 saturated heterocycles. The molecule has 0 radical (unpaired) electrons. The summed E-state index contributed by atoms with van der Waals surface area (Å²) in [7, 11) is 0. The maximum atomic E-state index is 11.8. The molecule has 0 aromatic carbocycles. The van der Waals surface area contributed by atoms with Crippen LogP contribution in [0.15, 0.2) is 0 Å². The van der Waals surface area contributed by atoms with Crippen LogP contribution in [0.1, 0.15) is 52.9 Å². The Bertz CT molecular complexity index is 183. The Morgan fingerprint density at radius 3 is 2.43 bits per heavy atom. The zero-order valence-corrected chi connectivity index (χ0v) is 9.68. The van der Waals surface area contributed by atoms with Crippen molar-refractivity contribution in [3.8, 4) is 0 Å². The summed E-state index contributed by atoms with van der Waals surface area (Å²) < 4.78 is 0. The summed E-state index contributed by atoms with van der Waals surface area (Å²) >= 11 is 0.